The lowest BCUT2D eigenvalue weighted by Gasteiger charge is -2.09. The molecule has 4 heteroatoms. The van der Waals surface area contributed by atoms with Crippen LogP contribution in [0.1, 0.15) is 12.8 Å². The maximum absolute atomic E-state index is 13.1. The van der Waals surface area contributed by atoms with Crippen LogP contribution >= 0.6 is 0 Å². The highest BCUT2D eigenvalue weighted by atomic mass is 19.1. The number of pyridine rings is 1. The van der Waals surface area contributed by atoms with E-state index in [2.05, 4.69) is 10.3 Å². The van der Waals surface area contributed by atoms with Crippen molar-refractivity contribution in [2.45, 2.75) is 12.8 Å². The molecule has 0 saturated carbocycles. The van der Waals surface area contributed by atoms with Crippen LogP contribution in [0.5, 0.6) is 0 Å². The van der Waals surface area contributed by atoms with Crippen molar-refractivity contribution in [1.82, 2.24) is 4.98 Å². The van der Waals surface area contributed by atoms with Crippen molar-refractivity contribution in [3.63, 3.8) is 0 Å². The zero-order valence-electron chi connectivity index (χ0n) is 8.11. The van der Waals surface area contributed by atoms with Crippen molar-refractivity contribution < 1.29 is 9.18 Å². The Morgan fingerprint density at radius 2 is 2.20 bits per heavy atom. The van der Waals surface area contributed by atoms with E-state index >= 15 is 0 Å². The molecule has 0 radical (unpaired) electrons. The van der Waals surface area contributed by atoms with Crippen molar-refractivity contribution in [2.75, 3.05) is 5.32 Å². The van der Waals surface area contributed by atoms with Crippen molar-refractivity contribution >= 4 is 11.7 Å². The van der Waals surface area contributed by atoms with Crippen LogP contribution < -0.4 is 5.32 Å². The fourth-order valence-corrected chi connectivity index (χ4v) is 1.53. The molecule has 0 aromatic carbocycles. The first kappa shape index (κ1) is 9.83. The molecule has 1 aliphatic carbocycles. The lowest BCUT2D eigenvalue weighted by molar-refractivity contribution is -0.119. The summed E-state index contributed by atoms with van der Waals surface area (Å²) in [7, 11) is 0. The van der Waals surface area contributed by atoms with Crippen molar-refractivity contribution in [2.24, 2.45) is 5.92 Å². The smallest absolute Gasteiger partial charge is 0.229 e. The third kappa shape index (κ3) is 2.21. The molecule has 0 unspecified atom stereocenters. The highest BCUT2D eigenvalue weighted by Gasteiger charge is 2.20. The Balaban J connectivity index is 2.02. The predicted molar refractivity (Wildman–Crippen MR) is 54.7 cm³/mol. The standard InChI is InChI=1S/C11H11FN2O/c12-9-6-3-7-13-10(9)14-11(15)8-4-1-2-5-8/h1-3,6-8H,4-5H2,(H,13,14,15). The molecule has 0 spiro atoms. The second-order valence-electron chi connectivity index (χ2n) is 3.46. The Morgan fingerprint density at radius 1 is 1.47 bits per heavy atom. The lowest BCUT2D eigenvalue weighted by atomic mass is 10.1. The summed E-state index contributed by atoms with van der Waals surface area (Å²) in [6.45, 7) is 0. The third-order valence-electron chi connectivity index (χ3n) is 2.38. The lowest BCUT2D eigenvalue weighted by Crippen LogP contribution is -2.21. The number of rotatable bonds is 2. The van der Waals surface area contributed by atoms with Crippen LogP contribution in [0.15, 0.2) is 30.5 Å². The average Bonchev–Trinajstić information content (AvgIpc) is 2.74. The van der Waals surface area contributed by atoms with Crippen LogP contribution in [0.3, 0.4) is 0 Å². The normalized spacial score (nSPS) is 15.5. The van der Waals surface area contributed by atoms with E-state index in [-0.39, 0.29) is 17.6 Å². The van der Waals surface area contributed by atoms with E-state index in [0.717, 1.165) is 12.8 Å². The molecule has 1 N–H and O–H groups in total. The van der Waals surface area contributed by atoms with Crippen molar-refractivity contribution in [3.8, 4) is 0 Å². The number of anilines is 1. The molecule has 3 nitrogen and oxygen atoms in total. The number of carbonyl (C=O) groups is 1. The number of hydrogen-bond donors (Lipinski definition) is 1. The van der Waals surface area contributed by atoms with Crippen LogP contribution in [0.2, 0.25) is 0 Å². The largest absolute Gasteiger partial charge is 0.308 e. The molecule has 0 saturated heterocycles. The zero-order chi connectivity index (χ0) is 10.7. The molecule has 0 atom stereocenters. The molecule has 1 heterocycles. The van der Waals surface area contributed by atoms with Crippen LogP contribution in [-0.2, 0) is 4.79 Å². The van der Waals surface area contributed by atoms with E-state index < -0.39 is 5.82 Å². The predicted octanol–water partition coefficient (Wildman–Crippen LogP) is 2.13. The Kier molecular flexibility index (Phi) is 2.76. The number of hydrogen-bond acceptors (Lipinski definition) is 2. The Hall–Kier alpha value is -1.71. The molecule has 2 rings (SSSR count). The van der Waals surface area contributed by atoms with Gasteiger partial charge in [-0.05, 0) is 25.0 Å². The Morgan fingerprint density at radius 3 is 2.87 bits per heavy atom. The summed E-state index contributed by atoms with van der Waals surface area (Å²) in [6.07, 6.45) is 6.81. The summed E-state index contributed by atoms with van der Waals surface area (Å²) in [6, 6.07) is 2.76. The van der Waals surface area contributed by atoms with E-state index in [1.54, 1.807) is 0 Å². The first-order valence-electron chi connectivity index (χ1n) is 4.84. The molecule has 1 aliphatic rings. The molecule has 0 aliphatic heterocycles. The molecule has 0 bridgehead atoms. The summed E-state index contributed by atoms with van der Waals surface area (Å²) >= 11 is 0. The van der Waals surface area contributed by atoms with Gasteiger partial charge in [-0.15, -0.1) is 0 Å². The van der Waals surface area contributed by atoms with Crippen LogP contribution in [0, 0.1) is 11.7 Å². The maximum atomic E-state index is 13.1. The first-order chi connectivity index (χ1) is 7.27. The molecular formula is C11H11FN2O. The van der Waals surface area contributed by atoms with Crippen LogP contribution in [-0.4, -0.2) is 10.9 Å². The van der Waals surface area contributed by atoms with Gasteiger partial charge in [-0.3, -0.25) is 4.79 Å². The second kappa shape index (κ2) is 4.21. The fraction of sp³-hybridized carbons (Fsp3) is 0.273. The van der Waals surface area contributed by atoms with E-state index in [1.807, 2.05) is 12.2 Å². The quantitative estimate of drug-likeness (QED) is 0.753. The summed E-state index contributed by atoms with van der Waals surface area (Å²) in [5, 5.41) is 2.49. The van der Waals surface area contributed by atoms with Gasteiger partial charge in [0, 0.05) is 12.1 Å². The minimum absolute atomic E-state index is 0.00870. The van der Waals surface area contributed by atoms with Gasteiger partial charge in [0.15, 0.2) is 11.6 Å². The second-order valence-corrected chi connectivity index (χ2v) is 3.46. The van der Waals surface area contributed by atoms with Crippen molar-refractivity contribution in [3.05, 3.63) is 36.3 Å². The van der Waals surface area contributed by atoms with Gasteiger partial charge in [0.2, 0.25) is 5.91 Å². The molecule has 78 valence electrons. The monoisotopic (exact) mass is 206 g/mol. The van der Waals surface area contributed by atoms with Crippen LogP contribution in [0.4, 0.5) is 10.2 Å². The minimum atomic E-state index is -0.503. The van der Waals surface area contributed by atoms with E-state index in [1.165, 1.54) is 18.3 Å². The Labute approximate surface area is 87.0 Å². The van der Waals surface area contributed by atoms with Crippen LogP contribution in [0.25, 0.3) is 0 Å². The number of nitrogens with zero attached hydrogens (tertiary/aromatic N) is 1. The zero-order valence-corrected chi connectivity index (χ0v) is 8.11. The van der Waals surface area contributed by atoms with Gasteiger partial charge in [-0.1, -0.05) is 12.2 Å². The number of halogens is 1. The number of carbonyl (C=O) groups excluding carboxylic acids is 1. The van der Waals surface area contributed by atoms with E-state index in [9.17, 15) is 9.18 Å². The molecule has 1 aromatic rings. The van der Waals surface area contributed by atoms with Gasteiger partial charge in [-0.2, -0.15) is 0 Å². The molecule has 1 amide bonds. The summed E-state index contributed by atoms with van der Waals surface area (Å²) in [5.41, 5.74) is 0. The summed E-state index contributed by atoms with van der Waals surface area (Å²) < 4.78 is 13.1. The average molecular weight is 206 g/mol. The minimum Gasteiger partial charge on any atom is -0.308 e. The third-order valence-corrected chi connectivity index (χ3v) is 2.38. The number of amides is 1. The van der Waals surface area contributed by atoms with Gasteiger partial charge >= 0.3 is 0 Å². The molecular weight excluding hydrogens is 195 g/mol. The highest BCUT2D eigenvalue weighted by Crippen LogP contribution is 2.20. The number of nitrogens with one attached hydrogen (secondary N) is 1. The summed E-state index contributed by atoms with van der Waals surface area (Å²) in [5.74, 6) is -0.741. The summed E-state index contributed by atoms with van der Waals surface area (Å²) in [4.78, 5) is 15.4. The topological polar surface area (TPSA) is 42.0 Å². The highest BCUT2D eigenvalue weighted by molar-refractivity contribution is 5.92. The van der Waals surface area contributed by atoms with Crippen molar-refractivity contribution in [1.29, 1.82) is 0 Å². The van der Waals surface area contributed by atoms with Gasteiger partial charge in [0.1, 0.15) is 0 Å². The molecule has 0 fully saturated rings. The van der Waals surface area contributed by atoms with Gasteiger partial charge in [0.25, 0.3) is 0 Å². The maximum Gasteiger partial charge on any atom is 0.229 e. The van der Waals surface area contributed by atoms with E-state index in [4.69, 9.17) is 0 Å². The number of allylic oxidation sites excluding steroid dienone is 2. The van der Waals surface area contributed by atoms with Gasteiger partial charge < -0.3 is 5.32 Å². The molecule has 15 heavy (non-hydrogen) atoms. The first-order valence-corrected chi connectivity index (χ1v) is 4.84. The van der Waals surface area contributed by atoms with E-state index in [0.29, 0.717) is 0 Å². The fourth-order valence-electron chi connectivity index (χ4n) is 1.53. The van der Waals surface area contributed by atoms with Gasteiger partial charge in [0.05, 0.1) is 0 Å². The number of aromatic nitrogens is 1. The Bertz CT molecular complexity index is 395. The SMILES string of the molecule is O=C(Nc1ncccc1F)C1CC=CC1. The van der Waals surface area contributed by atoms with Gasteiger partial charge in [-0.25, -0.2) is 9.37 Å². The molecule has 1 aromatic heterocycles.